The summed E-state index contributed by atoms with van der Waals surface area (Å²) in [6.45, 7) is 2.48. The molecule has 196 valence electrons. The SMILES string of the molecule is O=C(c1ccc2[nH]c(=O)oc2c1)N1CC(N2CCc3nc(Nc4cc(Cl)cc(C(F)(F)F)c4)ncc3C2)C1. The van der Waals surface area contributed by atoms with Crippen LogP contribution in [-0.4, -0.2) is 56.3 Å². The van der Waals surface area contributed by atoms with Gasteiger partial charge in [-0.2, -0.15) is 13.2 Å². The number of likely N-dealkylation sites (tertiary alicyclic amines) is 1. The van der Waals surface area contributed by atoms with E-state index < -0.39 is 17.5 Å². The standard InChI is InChI=1S/C25H20ClF3N6O3/c26-16-6-15(25(27,28)29)7-17(8-16)31-23-30-9-14-10-34(4-3-19(14)32-23)18-11-35(12-18)22(36)13-1-2-20-21(5-13)38-24(37)33-20/h1-2,5-9,18H,3-4,10-12H2,(H,33,37)(H,30,31,32). The topological polar surface area (TPSA) is 107 Å². The maximum Gasteiger partial charge on any atom is 0.417 e. The smallest absolute Gasteiger partial charge is 0.408 e. The first-order valence-electron chi connectivity index (χ1n) is 11.8. The maximum absolute atomic E-state index is 13.1. The zero-order valence-corrected chi connectivity index (χ0v) is 20.4. The lowest BCUT2D eigenvalue weighted by Gasteiger charge is -2.46. The number of nitrogens with zero attached hydrogens (tertiary/aromatic N) is 4. The molecule has 2 aliphatic heterocycles. The molecule has 0 radical (unpaired) electrons. The van der Waals surface area contributed by atoms with Crippen LogP contribution in [0.2, 0.25) is 5.02 Å². The molecule has 2 aromatic carbocycles. The lowest BCUT2D eigenvalue weighted by molar-refractivity contribution is -0.137. The van der Waals surface area contributed by atoms with E-state index in [0.29, 0.717) is 42.7 Å². The Morgan fingerprint density at radius 3 is 2.79 bits per heavy atom. The molecule has 2 aromatic heterocycles. The molecule has 38 heavy (non-hydrogen) atoms. The van der Waals surface area contributed by atoms with Gasteiger partial charge in [-0.25, -0.2) is 14.8 Å². The number of amides is 1. The van der Waals surface area contributed by atoms with Crippen molar-refractivity contribution in [2.75, 3.05) is 25.0 Å². The number of aromatic amines is 1. The molecular formula is C25H20ClF3N6O3. The second kappa shape index (κ2) is 9.14. The molecule has 0 saturated carbocycles. The highest BCUT2D eigenvalue weighted by Gasteiger charge is 2.37. The summed E-state index contributed by atoms with van der Waals surface area (Å²) in [5.41, 5.74) is 2.39. The number of hydrogen-bond acceptors (Lipinski definition) is 7. The van der Waals surface area contributed by atoms with Crippen LogP contribution in [0, 0.1) is 0 Å². The summed E-state index contributed by atoms with van der Waals surface area (Å²) in [4.78, 5) is 39.6. The van der Waals surface area contributed by atoms with Gasteiger partial charge in [0, 0.05) is 66.7 Å². The van der Waals surface area contributed by atoms with Crippen molar-refractivity contribution in [3.63, 3.8) is 0 Å². The number of alkyl halides is 3. The molecule has 0 aliphatic carbocycles. The van der Waals surface area contributed by atoms with Gasteiger partial charge in [0.25, 0.3) is 5.91 Å². The van der Waals surface area contributed by atoms with Gasteiger partial charge < -0.3 is 14.6 Å². The summed E-state index contributed by atoms with van der Waals surface area (Å²) in [7, 11) is 0. The van der Waals surface area contributed by atoms with Gasteiger partial charge in [0.2, 0.25) is 5.95 Å². The molecule has 4 aromatic rings. The van der Waals surface area contributed by atoms with Crippen LogP contribution in [0.1, 0.15) is 27.2 Å². The lowest BCUT2D eigenvalue weighted by atomic mass is 10.00. The molecule has 2 N–H and O–H groups in total. The van der Waals surface area contributed by atoms with Gasteiger partial charge in [-0.15, -0.1) is 0 Å². The van der Waals surface area contributed by atoms with Gasteiger partial charge in [-0.05, 0) is 36.4 Å². The summed E-state index contributed by atoms with van der Waals surface area (Å²) >= 11 is 5.86. The molecule has 9 nitrogen and oxygen atoms in total. The van der Waals surface area contributed by atoms with Crippen molar-refractivity contribution in [3.05, 3.63) is 80.6 Å². The Labute approximate surface area is 218 Å². The Bertz CT molecular complexity index is 1610. The molecule has 4 heterocycles. The van der Waals surface area contributed by atoms with E-state index in [1.54, 1.807) is 29.3 Å². The predicted octanol–water partition coefficient (Wildman–Crippen LogP) is 4.21. The Balaban J connectivity index is 1.08. The number of hydrogen-bond donors (Lipinski definition) is 2. The molecule has 0 bridgehead atoms. The number of oxazole rings is 1. The number of anilines is 2. The van der Waals surface area contributed by atoms with Crippen LogP contribution < -0.4 is 11.1 Å². The van der Waals surface area contributed by atoms with E-state index in [9.17, 15) is 22.8 Å². The average Bonchev–Trinajstić information content (AvgIpc) is 3.21. The summed E-state index contributed by atoms with van der Waals surface area (Å²) in [5.74, 6) is -0.493. The van der Waals surface area contributed by atoms with E-state index in [-0.39, 0.29) is 28.6 Å². The zero-order chi connectivity index (χ0) is 26.6. The van der Waals surface area contributed by atoms with Gasteiger partial charge in [0.05, 0.1) is 16.8 Å². The molecular weight excluding hydrogens is 525 g/mol. The minimum Gasteiger partial charge on any atom is -0.408 e. The second-order valence-corrected chi connectivity index (χ2v) is 9.76. The number of carbonyl (C=O) groups is 1. The quantitative estimate of drug-likeness (QED) is 0.396. The fourth-order valence-corrected chi connectivity index (χ4v) is 5.01. The van der Waals surface area contributed by atoms with Crippen LogP contribution in [0.5, 0.6) is 0 Å². The first kappa shape index (κ1) is 24.4. The normalized spacial score (nSPS) is 16.4. The van der Waals surface area contributed by atoms with E-state index in [1.807, 2.05) is 0 Å². The van der Waals surface area contributed by atoms with Gasteiger partial charge in [0.1, 0.15) is 0 Å². The highest BCUT2D eigenvalue weighted by atomic mass is 35.5. The minimum atomic E-state index is -4.52. The predicted molar refractivity (Wildman–Crippen MR) is 132 cm³/mol. The van der Waals surface area contributed by atoms with Crippen LogP contribution in [-0.2, 0) is 19.1 Å². The van der Waals surface area contributed by atoms with Crippen molar-refractivity contribution in [3.8, 4) is 0 Å². The molecule has 0 unspecified atom stereocenters. The largest absolute Gasteiger partial charge is 0.417 e. The average molecular weight is 545 g/mol. The van der Waals surface area contributed by atoms with E-state index in [0.717, 1.165) is 29.9 Å². The highest BCUT2D eigenvalue weighted by molar-refractivity contribution is 6.31. The molecule has 0 atom stereocenters. The third-order valence-electron chi connectivity index (χ3n) is 6.78. The Hall–Kier alpha value is -3.90. The summed E-state index contributed by atoms with van der Waals surface area (Å²) in [6, 6.07) is 8.28. The molecule has 1 amide bonds. The molecule has 2 aliphatic rings. The van der Waals surface area contributed by atoms with Crippen LogP contribution in [0.25, 0.3) is 11.1 Å². The number of aromatic nitrogens is 3. The number of carbonyl (C=O) groups excluding carboxylic acids is 1. The van der Waals surface area contributed by atoms with Crippen LogP contribution >= 0.6 is 11.6 Å². The van der Waals surface area contributed by atoms with Gasteiger partial charge in [0.15, 0.2) is 5.58 Å². The number of H-pyrrole nitrogens is 1. The second-order valence-electron chi connectivity index (χ2n) is 9.33. The van der Waals surface area contributed by atoms with E-state index in [1.165, 1.54) is 6.07 Å². The third kappa shape index (κ3) is 4.72. The third-order valence-corrected chi connectivity index (χ3v) is 7.00. The van der Waals surface area contributed by atoms with E-state index in [2.05, 4.69) is 25.2 Å². The molecule has 1 fully saturated rings. The van der Waals surface area contributed by atoms with Gasteiger partial charge in [-0.1, -0.05) is 11.6 Å². The summed E-state index contributed by atoms with van der Waals surface area (Å²) < 4.78 is 44.3. The maximum atomic E-state index is 13.1. The lowest BCUT2D eigenvalue weighted by Crippen LogP contribution is -2.61. The number of halogens is 4. The first-order chi connectivity index (χ1) is 18.1. The Morgan fingerprint density at radius 2 is 2.00 bits per heavy atom. The highest BCUT2D eigenvalue weighted by Crippen LogP contribution is 2.34. The van der Waals surface area contributed by atoms with Crippen molar-refractivity contribution in [1.82, 2.24) is 24.8 Å². The van der Waals surface area contributed by atoms with Crippen molar-refractivity contribution in [2.24, 2.45) is 0 Å². The fourth-order valence-electron chi connectivity index (χ4n) is 4.78. The fraction of sp³-hybridized carbons (Fsp3) is 0.280. The van der Waals surface area contributed by atoms with Crippen molar-refractivity contribution in [2.45, 2.75) is 25.2 Å². The van der Waals surface area contributed by atoms with E-state index in [4.69, 9.17) is 16.0 Å². The molecule has 6 rings (SSSR count). The molecule has 1 saturated heterocycles. The van der Waals surface area contributed by atoms with Crippen molar-refractivity contribution < 1.29 is 22.4 Å². The summed E-state index contributed by atoms with van der Waals surface area (Å²) in [6.07, 6.45) is -2.20. The minimum absolute atomic E-state index is 0.0411. The van der Waals surface area contributed by atoms with Crippen molar-refractivity contribution in [1.29, 1.82) is 0 Å². The first-order valence-corrected chi connectivity index (χ1v) is 12.2. The van der Waals surface area contributed by atoms with Crippen LogP contribution in [0.15, 0.2) is 51.8 Å². The van der Waals surface area contributed by atoms with Gasteiger partial charge >= 0.3 is 11.9 Å². The Kier molecular flexibility index (Phi) is 5.88. The number of rotatable bonds is 4. The van der Waals surface area contributed by atoms with E-state index >= 15 is 0 Å². The molecule has 0 spiro atoms. The van der Waals surface area contributed by atoms with Crippen molar-refractivity contribution >= 4 is 40.2 Å². The molecule has 13 heteroatoms. The van der Waals surface area contributed by atoms with Gasteiger partial charge in [-0.3, -0.25) is 14.7 Å². The zero-order valence-electron chi connectivity index (χ0n) is 19.7. The number of benzene rings is 2. The number of fused-ring (bicyclic) bond motifs is 2. The van der Waals surface area contributed by atoms with Crippen LogP contribution in [0.3, 0.4) is 0 Å². The van der Waals surface area contributed by atoms with Crippen LogP contribution in [0.4, 0.5) is 24.8 Å². The Morgan fingerprint density at radius 1 is 1.18 bits per heavy atom. The monoisotopic (exact) mass is 544 g/mol. The number of nitrogens with one attached hydrogen (secondary N) is 2. The summed E-state index contributed by atoms with van der Waals surface area (Å²) in [5, 5.41) is 2.78.